The largest absolute Gasteiger partial charge is 0.494 e. The predicted octanol–water partition coefficient (Wildman–Crippen LogP) is 1.97. The number of H-pyrrole nitrogens is 2. The number of hydrogen-bond acceptors (Lipinski definition) is 9. The van der Waals surface area contributed by atoms with Gasteiger partial charge in [0.15, 0.2) is 21.5 Å². The summed E-state index contributed by atoms with van der Waals surface area (Å²) in [7, 11) is 0. The number of imidazole rings is 1. The van der Waals surface area contributed by atoms with Crippen LogP contribution in [0.1, 0.15) is 6.92 Å². The molecule has 12 heteroatoms. The van der Waals surface area contributed by atoms with Gasteiger partial charge in [-0.3, -0.25) is 14.6 Å². The molecule has 3 aromatic heterocycles. The molecule has 10 nitrogen and oxygen atoms in total. The molecule has 0 atom stereocenters. The van der Waals surface area contributed by atoms with Crippen LogP contribution in [0.4, 0.5) is 11.1 Å². The molecule has 28 heavy (non-hydrogen) atoms. The van der Waals surface area contributed by atoms with E-state index in [2.05, 4.69) is 30.2 Å². The van der Waals surface area contributed by atoms with E-state index < -0.39 is 5.56 Å². The van der Waals surface area contributed by atoms with Gasteiger partial charge >= 0.3 is 0 Å². The molecule has 0 radical (unpaired) electrons. The van der Waals surface area contributed by atoms with Crippen LogP contribution in [-0.2, 0) is 4.79 Å². The number of carbonyl (C=O) groups excluding carboxylic acids is 1. The van der Waals surface area contributed by atoms with E-state index in [-0.39, 0.29) is 28.8 Å². The monoisotopic (exact) mass is 417 g/mol. The van der Waals surface area contributed by atoms with E-state index in [1.807, 2.05) is 25.1 Å². The molecule has 0 saturated heterocycles. The summed E-state index contributed by atoms with van der Waals surface area (Å²) in [5.41, 5.74) is 6.30. The number of aromatic nitrogens is 5. The number of anilines is 2. The van der Waals surface area contributed by atoms with Crippen LogP contribution in [0.25, 0.3) is 21.4 Å². The van der Waals surface area contributed by atoms with E-state index in [9.17, 15) is 9.59 Å². The van der Waals surface area contributed by atoms with Crippen LogP contribution in [0, 0.1) is 0 Å². The number of aromatic amines is 2. The summed E-state index contributed by atoms with van der Waals surface area (Å²) < 4.78 is 6.40. The Morgan fingerprint density at radius 1 is 1.32 bits per heavy atom. The molecular weight excluding hydrogens is 402 g/mol. The maximum Gasteiger partial charge on any atom is 0.278 e. The van der Waals surface area contributed by atoms with Gasteiger partial charge in [-0.05, 0) is 25.1 Å². The Balaban J connectivity index is 1.42. The number of carbonyl (C=O) groups is 1. The van der Waals surface area contributed by atoms with E-state index in [0.29, 0.717) is 16.9 Å². The van der Waals surface area contributed by atoms with Crippen molar-refractivity contribution in [3.05, 3.63) is 28.6 Å². The van der Waals surface area contributed by atoms with Crippen LogP contribution in [0.5, 0.6) is 5.75 Å². The van der Waals surface area contributed by atoms with Crippen LogP contribution in [0.2, 0.25) is 0 Å². The molecular formula is C16H15N7O3S2. The fourth-order valence-corrected chi connectivity index (χ4v) is 4.05. The fourth-order valence-electron chi connectivity index (χ4n) is 2.48. The third-order valence-corrected chi connectivity index (χ3v) is 5.42. The number of thioether (sulfide) groups is 1. The van der Waals surface area contributed by atoms with E-state index in [0.717, 1.165) is 27.7 Å². The van der Waals surface area contributed by atoms with Crippen molar-refractivity contribution in [2.75, 3.05) is 23.4 Å². The molecule has 0 aliphatic carbocycles. The van der Waals surface area contributed by atoms with Gasteiger partial charge in [0, 0.05) is 0 Å². The van der Waals surface area contributed by atoms with Gasteiger partial charge in [0.2, 0.25) is 11.9 Å². The maximum atomic E-state index is 12.2. The highest BCUT2D eigenvalue weighted by atomic mass is 32.2. The Morgan fingerprint density at radius 2 is 2.18 bits per heavy atom. The van der Waals surface area contributed by atoms with Gasteiger partial charge in [0.25, 0.3) is 5.56 Å². The average molecular weight is 417 g/mol. The molecule has 4 aromatic rings. The SMILES string of the molecule is CCOc1ccc2nc(NC(=O)CSc3nc4nc(N)[nH]c(=O)c4[nH]3)sc2c1. The molecule has 0 saturated carbocycles. The Morgan fingerprint density at radius 3 is 3.00 bits per heavy atom. The number of rotatable bonds is 6. The quantitative estimate of drug-likeness (QED) is 0.348. The number of ether oxygens (including phenoxy) is 1. The van der Waals surface area contributed by atoms with Crippen molar-refractivity contribution in [1.82, 2.24) is 24.9 Å². The van der Waals surface area contributed by atoms with Crippen molar-refractivity contribution in [2.24, 2.45) is 0 Å². The summed E-state index contributed by atoms with van der Waals surface area (Å²) >= 11 is 2.52. The smallest absolute Gasteiger partial charge is 0.278 e. The third-order valence-electron chi connectivity index (χ3n) is 3.62. The highest BCUT2D eigenvalue weighted by Gasteiger charge is 2.13. The minimum Gasteiger partial charge on any atom is -0.494 e. The number of nitrogens with two attached hydrogens (primary N) is 1. The molecule has 0 aliphatic rings. The second-order valence-corrected chi connectivity index (χ2v) is 7.60. The summed E-state index contributed by atoms with van der Waals surface area (Å²) in [6, 6.07) is 5.59. The van der Waals surface area contributed by atoms with Crippen molar-refractivity contribution in [3.8, 4) is 5.75 Å². The van der Waals surface area contributed by atoms with Gasteiger partial charge in [-0.1, -0.05) is 23.1 Å². The van der Waals surface area contributed by atoms with Gasteiger partial charge in [0.1, 0.15) is 5.75 Å². The number of amides is 1. The maximum absolute atomic E-state index is 12.2. The zero-order chi connectivity index (χ0) is 19.7. The van der Waals surface area contributed by atoms with Crippen LogP contribution >= 0.6 is 23.1 Å². The van der Waals surface area contributed by atoms with Gasteiger partial charge in [-0.15, -0.1) is 0 Å². The van der Waals surface area contributed by atoms with E-state index in [1.54, 1.807) is 0 Å². The van der Waals surface area contributed by atoms with Crippen LogP contribution in [0.3, 0.4) is 0 Å². The normalized spacial score (nSPS) is 11.2. The standard InChI is InChI=1S/C16H15N7O3S2/c1-2-26-7-3-4-8-9(5-7)28-16(18-8)19-10(24)6-27-15-20-11-12(22-15)21-14(17)23-13(11)25/h3-5H,2,6H2,1H3,(H,18,19,24)(H4,17,20,21,22,23,25). The molecule has 3 heterocycles. The zero-order valence-electron chi connectivity index (χ0n) is 14.6. The van der Waals surface area contributed by atoms with Crippen molar-refractivity contribution in [3.63, 3.8) is 0 Å². The second kappa shape index (κ2) is 7.48. The molecule has 1 aromatic carbocycles. The van der Waals surface area contributed by atoms with Gasteiger partial charge in [-0.2, -0.15) is 4.98 Å². The summed E-state index contributed by atoms with van der Waals surface area (Å²) in [6.45, 7) is 2.50. The van der Waals surface area contributed by atoms with E-state index >= 15 is 0 Å². The van der Waals surface area contributed by atoms with Gasteiger partial charge < -0.3 is 20.8 Å². The lowest BCUT2D eigenvalue weighted by Gasteiger charge is -2.00. The topological polar surface area (TPSA) is 152 Å². The van der Waals surface area contributed by atoms with E-state index in [4.69, 9.17) is 10.5 Å². The Labute approximate surface area is 165 Å². The van der Waals surface area contributed by atoms with Gasteiger partial charge in [-0.25, -0.2) is 9.97 Å². The summed E-state index contributed by atoms with van der Waals surface area (Å²) in [5.74, 6) is 0.603. The molecule has 0 unspecified atom stereocenters. The number of thiazole rings is 1. The van der Waals surface area contributed by atoms with Crippen LogP contribution in [-0.4, -0.2) is 43.2 Å². The second-order valence-electron chi connectivity index (χ2n) is 5.61. The highest BCUT2D eigenvalue weighted by molar-refractivity contribution is 7.99. The first kappa shape index (κ1) is 18.3. The Kier molecular flexibility index (Phi) is 4.88. The lowest BCUT2D eigenvalue weighted by atomic mass is 10.3. The molecule has 0 bridgehead atoms. The molecule has 4 rings (SSSR count). The van der Waals surface area contributed by atoms with Crippen LogP contribution < -0.4 is 21.3 Å². The first-order valence-electron chi connectivity index (χ1n) is 8.23. The van der Waals surface area contributed by atoms with Crippen LogP contribution in [0.15, 0.2) is 28.2 Å². The predicted molar refractivity (Wildman–Crippen MR) is 109 cm³/mol. The first-order chi connectivity index (χ1) is 13.5. The number of benzene rings is 1. The van der Waals surface area contributed by atoms with Crippen molar-refractivity contribution in [1.29, 1.82) is 0 Å². The number of hydrogen-bond donors (Lipinski definition) is 4. The molecule has 0 spiro atoms. The molecule has 144 valence electrons. The molecule has 0 fully saturated rings. The van der Waals surface area contributed by atoms with Crippen molar-refractivity contribution >= 4 is 61.5 Å². The molecule has 1 amide bonds. The average Bonchev–Trinajstić information content (AvgIpc) is 3.23. The van der Waals surface area contributed by atoms with Crippen molar-refractivity contribution in [2.45, 2.75) is 12.1 Å². The molecule has 5 N–H and O–H groups in total. The zero-order valence-corrected chi connectivity index (χ0v) is 16.2. The minimum atomic E-state index is -0.410. The van der Waals surface area contributed by atoms with Crippen molar-refractivity contribution < 1.29 is 9.53 Å². The van der Waals surface area contributed by atoms with E-state index in [1.165, 1.54) is 11.3 Å². The number of fused-ring (bicyclic) bond motifs is 2. The third kappa shape index (κ3) is 3.77. The number of nitrogens with zero attached hydrogens (tertiary/aromatic N) is 3. The first-order valence-corrected chi connectivity index (χ1v) is 10.0. The fraction of sp³-hybridized carbons (Fsp3) is 0.188. The number of nitrogen functional groups attached to an aromatic ring is 1. The Bertz CT molecular complexity index is 1230. The minimum absolute atomic E-state index is 0.0124. The summed E-state index contributed by atoms with van der Waals surface area (Å²) in [4.78, 5) is 41.7. The summed E-state index contributed by atoms with van der Waals surface area (Å²) in [5, 5.41) is 3.68. The number of nitrogens with one attached hydrogen (secondary N) is 3. The lowest BCUT2D eigenvalue weighted by Crippen LogP contribution is -2.13. The lowest BCUT2D eigenvalue weighted by molar-refractivity contribution is -0.113. The highest BCUT2D eigenvalue weighted by Crippen LogP contribution is 2.29. The summed E-state index contributed by atoms with van der Waals surface area (Å²) in [6.07, 6.45) is 0. The Hall–Kier alpha value is -3.12. The molecule has 0 aliphatic heterocycles. The van der Waals surface area contributed by atoms with Gasteiger partial charge in [0.05, 0.1) is 22.6 Å².